The molecule has 0 spiro atoms. The molecule has 6 nitrogen and oxygen atoms in total. The molecule has 0 saturated carbocycles. The van der Waals surface area contributed by atoms with Crippen LogP contribution in [-0.4, -0.2) is 24.9 Å². The molecule has 1 aromatic heterocycles. The van der Waals surface area contributed by atoms with Crippen molar-refractivity contribution in [3.63, 3.8) is 0 Å². The Balaban J connectivity index is 2.30. The van der Waals surface area contributed by atoms with E-state index in [-0.39, 0.29) is 10.8 Å². The highest BCUT2D eigenvalue weighted by Gasteiger charge is 2.28. The molecule has 1 amide bonds. The minimum atomic E-state index is -3.81. The van der Waals surface area contributed by atoms with E-state index in [0.717, 1.165) is 4.47 Å². The highest BCUT2D eigenvalue weighted by Crippen LogP contribution is 2.16. The zero-order valence-corrected chi connectivity index (χ0v) is 16.7. The number of sulfonamides is 1. The Labute approximate surface area is 153 Å². The summed E-state index contributed by atoms with van der Waals surface area (Å²) in [5.74, 6) is -0.750. The van der Waals surface area contributed by atoms with Gasteiger partial charge >= 0.3 is 0 Å². The van der Waals surface area contributed by atoms with Crippen LogP contribution in [-0.2, 0) is 21.9 Å². The lowest BCUT2D eigenvalue weighted by molar-refractivity contribution is -0.120. The molecule has 0 bridgehead atoms. The largest absolute Gasteiger partial charge is 0.327 e. The standard InChI is InChI=1S/C15H18BrN3O3S2/c1-10(2)13(14(20)17-15-19(3)8-9-23-15)18-24(21,22)12-6-4-11(16)5-7-12/h4-10,13,18H,1-3H3/t13-/m0/s1. The Morgan fingerprint density at radius 1 is 1.29 bits per heavy atom. The van der Waals surface area contributed by atoms with Gasteiger partial charge in [-0.25, -0.2) is 8.42 Å². The van der Waals surface area contributed by atoms with Crippen LogP contribution in [0.1, 0.15) is 13.8 Å². The van der Waals surface area contributed by atoms with Gasteiger partial charge in [-0.15, -0.1) is 11.3 Å². The number of nitrogens with one attached hydrogen (secondary N) is 1. The van der Waals surface area contributed by atoms with E-state index in [4.69, 9.17) is 0 Å². The molecule has 130 valence electrons. The molecule has 24 heavy (non-hydrogen) atoms. The predicted molar refractivity (Wildman–Crippen MR) is 96.9 cm³/mol. The third kappa shape index (κ3) is 4.62. The van der Waals surface area contributed by atoms with Crippen molar-refractivity contribution in [1.29, 1.82) is 0 Å². The minimum absolute atomic E-state index is 0.103. The van der Waals surface area contributed by atoms with Gasteiger partial charge in [-0.05, 0) is 30.2 Å². The van der Waals surface area contributed by atoms with Crippen LogP contribution >= 0.6 is 27.3 Å². The maximum Gasteiger partial charge on any atom is 0.266 e. The molecular weight excluding hydrogens is 414 g/mol. The Bertz CT molecular complexity index is 883. The number of benzene rings is 1. The van der Waals surface area contributed by atoms with Crippen LogP contribution in [0.15, 0.2) is 50.2 Å². The molecule has 0 radical (unpaired) electrons. The molecule has 0 unspecified atom stereocenters. The Morgan fingerprint density at radius 2 is 1.92 bits per heavy atom. The van der Waals surface area contributed by atoms with Crippen molar-refractivity contribution in [3.05, 3.63) is 45.1 Å². The molecule has 1 aromatic carbocycles. The second kappa shape index (κ2) is 7.73. The van der Waals surface area contributed by atoms with Gasteiger partial charge in [-0.1, -0.05) is 29.8 Å². The molecule has 1 N–H and O–H groups in total. The summed E-state index contributed by atoms with van der Waals surface area (Å²) in [6, 6.07) is 5.30. The van der Waals surface area contributed by atoms with Crippen LogP contribution in [0.3, 0.4) is 0 Å². The van der Waals surface area contributed by atoms with Gasteiger partial charge in [0.05, 0.1) is 4.90 Å². The highest BCUT2D eigenvalue weighted by atomic mass is 79.9. The second-order valence-corrected chi connectivity index (χ2v) is 9.05. The van der Waals surface area contributed by atoms with Gasteiger partial charge in [0.1, 0.15) is 6.04 Å². The molecule has 0 saturated heterocycles. The van der Waals surface area contributed by atoms with Crippen LogP contribution in [0.5, 0.6) is 0 Å². The number of thiazole rings is 1. The van der Waals surface area contributed by atoms with Gasteiger partial charge in [-0.3, -0.25) is 4.79 Å². The maximum absolute atomic E-state index is 12.5. The molecule has 1 atom stereocenters. The van der Waals surface area contributed by atoms with Crippen LogP contribution in [0.2, 0.25) is 0 Å². The average Bonchev–Trinajstić information content (AvgIpc) is 2.90. The summed E-state index contributed by atoms with van der Waals surface area (Å²) in [5.41, 5.74) is 0. The van der Waals surface area contributed by atoms with Gasteiger partial charge in [0.2, 0.25) is 10.0 Å². The topological polar surface area (TPSA) is 80.5 Å². The predicted octanol–water partition coefficient (Wildman–Crippen LogP) is 2.28. The van der Waals surface area contributed by atoms with E-state index in [1.54, 1.807) is 43.8 Å². The Morgan fingerprint density at radius 3 is 2.42 bits per heavy atom. The lowest BCUT2D eigenvalue weighted by Crippen LogP contribution is -2.44. The van der Waals surface area contributed by atoms with E-state index in [1.165, 1.54) is 23.5 Å². The minimum Gasteiger partial charge on any atom is -0.327 e. The molecule has 0 fully saturated rings. The number of rotatable bonds is 5. The summed E-state index contributed by atoms with van der Waals surface area (Å²) < 4.78 is 30.0. The van der Waals surface area contributed by atoms with Crippen LogP contribution in [0.25, 0.3) is 0 Å². The molecule has 0 aliphatic heterocycles. The molecule has 0 aliphatic carbocycles. The van der Waals surface area contributed by atoms with E-state index >= 15 is 0 Å². The second-order valence-electron chi connectivity index (χ2n) is 5.54. The van der Waals surface area contributed by atoms with Crippen molar-refractivity contribution in [2.45, 2.75) is 24.8 Å². The number of hydrogen-bond donors (Lipinski definition) is 1. The van der Waals surface area contributed by atoms with Crippen molar-refractivity contribution in [2.24, 2.45) is 18.0 Å². The maximum atomic E-state index is 12.5. The van der Waals surface area contributed by atoms with Gasteiger partial charge in [0.15, 0.2) is 4.80 Å². The first kappa shape index (κ1) is 19.0. The molecule has 9 heteroatoms. The van der Waals surface area contributed by atoms with Crippen LogP contribution in [0.4, 0.5) is 0 Å². The lowest BCUT2D eigenvalue weighted by Gasteiger charge is -2.19. The number of hydrogen-bond acceptors (Lipinski definition) is 4. The summed E-state index contributed by atoms with van der Waals surface area (Å²) in [6.45, 7) is 3.55. The van der Waals surface area contributed by atoms with Gasteiger partial charge in [0.25, 0.3) is 5.91 Å². The molecule has 1 heterocycles. The first-order valence-electron chi connectivity index (χ1n) is 7.17. The van der Waals surface area contributed by atoms with E-state index < -0.39 is 22.0 Å². The molecule has 2 aromatic rings. The number of halogens is 1. The fourth-order valence-corrected chi connectivity index (χ4v) is 4.26. The number of nitrogens with zero attached hydrogens (tertiary/aromatic N) is 2. The quantitative estimate of drug-likeness (QED) is 0.787. The van der Waals surface area contributed by atoms with E-state index in [0.29, 0.717) is 4.80 Å². The molecular formula is C15H18BrN3O3S2. The molecule has 2 rings (SSSR count). The first-order chi connectivity index (χ1) is 11.2. The summed E-state index contributed by atoms with van der Waals surface area (Å²) in [7, 11) is -2.03. The number of carbonyl (C=O) groups is 1. The smallest absolute Gasteiger partial charge is 0.266 e. The SMILES string of the molecule is CC(C)[C@H](NS(=O)(=O)c1ccc(Br)cc1)C(=O)N=c1sccn1C. The summed E-state index contributed by atoms with van der Waals surface area (Å²) >= 11 is 4.58. The van der Waals surface area contributed by atoms with Crippen molar-refractivity contribution >= 4 is 43.2 Å². The van der Waals surface area contributed by atoms with Gasteiger partial charge in [0, 0.05) is 23.1 Å². The number of amides is 1. The van der Waals surface area contributed by atoms with E-state index in [9.17, 15) is 13.2 Å². The monoisotopic (exact) mass is 431 g/mol. The van der Waals surface area contributed by atoms with Crippen molar-refractivity contribution in [1.82, 2.24) is 9.29 Å². The Hall–Kier alpha value is -1.29. The van der Waals surface area contributed by atoms with Crippen molar-refractivity contribution in [2.75, 3.05) is 0 Å². The van der Waals surface area contributed by atoms with Crippen molar-refractivity contribution < 1.29 is 13.2 Å². The average molecular weight is 432 g/mol. The Kier molecular flexibility index (Phi) is 6.13. The summed E-state index contributed by atoms with van der Waals surface area (Å²) in [4.78, 5) is 17.1. The lowest BCUT2D eigenvalue weighted by atomic mass is 10.1. The van der Waals surface area contributed by atoms with Gasteiger partial charge in [-0.2, -0.15) is 9.71 Å². The third-order valence-electron chi connectivity index (χ3n) is 3.30. The number of aryl methyl sites for hydroxylation is 1. The normalized spacial score (nSPS) is 14.1. The van der Waals surface area contributed by atoms with Gasteiger partial charge < -0.3 is 4.57 Å². The summed E-state index contributed by atoms with van der Waals surface area (Å²) in [5, 5.41) is 1.81. The first-order valence-corrected chi connectivity index (χ1v) is 10.3. The van der Waals surface area contributed by atoms with E-state index in [1.807, 2.05) is 5.38 Å². The fraction of sp³-hybridized carbons (Fsp3) is 0.333. The summed E-state index contributed by atoms with van der Waals surface area (Å²) in [6.07, 6.45) is 1.78. The zero-order valence-electron chi connectivity index (χ0n) is 13.4. The van der Waals surface area contributed by atoms with E-state index in [2.05, 4.69) is 25.6 Å². The van der Waals surface area contributed by atoms with Crippen LogP contribution < -0.4 is 9.52 Å². The van der Waals surface area contributed by atoms with Crippen LogP contribution in [0, 0.1) is 5.92 Å². The fourth-order valence-electron chi connectivity index (χ4n) is 1.92. The number of aromatic nitrogens is 1. The zero-order chi connectivity index (χ0) is 17.9. The number of carbonyl (C=O) groups excluding carboxylic acids is 1. The van der Waals surface area contributed by atoms with Crippen molar-refractivity contribution in [3.8, 4) is 0 Å². The third-order valence-corrected chi connectivity index (χ3v) is 6.14. The molecule has 0 aliphatic rings. The highest BCUT2D eigenvalue weighted by molar-refractivity contribution is 9.10.